The van der Waals surface area contributed by atoms with Crippen LogP contribution in [0.15, 0.2) is 85.5 Å². The Bertz CT molecular complexity index is 2870. The van der Waals surface area contributed by atoms with Crippen LogP contribution in [0.3, 0.4) is 0 Å². The number of hydrogen-bond acceptors (Lipinski definition) is 12. The van der Waals surface area contributed by atoms with E-state index in [0.29, 0.717) is 23.0 Å². The molecule has 8 aromatic rings. The fourth-order valence-corrected chi connectivity index (χ4v) is 8.35. The van der Waals surface area contributed by atoms with Crippen LogP contribution >= 0.6 is 22.6 Å². The SMILES string of the molecule is CC(C)(C)Cn1nc(I)c2c(N)ncnc21.CC(C)(C)[Si](C)(C)Oc1ccc2cc(B(O)O)ccc2c1.CC(C)Cn1nc(-c2ccc3cc(O)ccc3c2)c2c(N)ncnc21. The fraction of sp³-hybridized carbons (Fsp3) is 0.333. The van der Waals surface area contributed by atoms with Crippen molar-refractivity contribution in [2.45, 2.75) is 86.6 Å². The van der Waals surface area contributed by atoms with Crippen LogP contribution in [-0.2, 0) is 13.1 Å². The Morgan fingerprint density at radius 3 is 1.92 bits per heavy atom. The van der Waals surface area contributed by atoms with Crippen molar-refractivity contribution < 1.29 is 19.6 Å². The first kappa shape index (κ1) is 46.1. The maximum absolute atomic E-state index is 9.63. The molecule has 0 unspecified atom stereocenters. The molecule has 14 nitrogen and oxygen atoms in total. The van der Waals surface area contributed by atoms with Gasteiger partial charge >= 0.3 is 7.12 Å². The third-order valence-electron chi connectivity index (χ3n) is 10.6. The van der Waals surface area contributed by atoms with Gasteiger partial charge in [-0.05, 0) is 109 Å². The topological polar surface area (TPSA) is 209 Å². The molecule has 0 fully saturated rings. The summed E-state index contributed by atoms with van der Waals surface area (Å²) in [5.74, 6) is 2.50. The minimum Gasteiger partial charge on any atom is -0.543 e. The van der Waals surface area contributed by atoms with E-state index in [2.05, 4.69) is 116 Å². The lowest BCUT2D eigenvalue weighted by molar-refractivity contribution is 0.329. The number of fused-ring (bicyclic) bond motifs is 4. The summed E-state index contributed by atoms with van der Waals surface area (Å²) in [6, 6.07) is 22.6. The zero-order valence-corrected chi connectivity index (χ0v) is 40.2. The third kappa shape index (κ3) is 10.6. The van der Waals surface area contributed by atoms with Gasteiger partial charge in [0.2, 0.25) is 8.32 Å². The van der Waals surface area contributed by atoms with E-state index in [4.69, 9.17) is 21.0 Å². The molecule has 324 valence electrons. The van der Waals surface area contributed by atoms with E-state index >= 15 is 0 Å². The van der Waals surface area contributed by atoms with Gasteiger partial charge in [0.1, 0.15) is 45.2 Å². The Morgan fingerprint density at radius 2 is 1.29 bits per heavy atom. The van der Waals surface area contributed by atoms with E-state index < -0.39 is 15.4 Å². The van der Waals surface area contributed by atoms with Gasteiger partial charge in [0.05, 0.1) is 10.8 Å². The number of hydrogen-bond donors (Lipinski definition) is 5. The highest BCUT2D eigenvalue weighted by atomic mass is 127. The van der Waals surface area contributed by atoms with Crippen LogP contribution < -0.4 is 21.4 Å². The second kappa shape index (κ2) is 18.2. The molecule has 17 heteroatoms. The lowest BCUT2D eigenvalue weighted by Gasteiger charge is -2.36. The molecule has 7 N–H and O–H groups in total. The van der Waals surface area contributed by atoms with E-state index in [1.165, 1.54) is 12.7 Å². The largest absolute Gasteiger partial charge is 0.543 e. The summed E-state index contributed by atoms with van der Waals surface area (Å²) in [7, 11) is -3.27. The second-order valence-corrected chi connectivity index (χ2v) is 24.3. The first-order valence-corrected chi connectivity index (χ1v) is 24.4. The molecule has 0 aliphatic heterocycles. The number of phenols is 1. The lowest BCUT2D eigenvalue weighted by atomic mass is 9.79. The number of nitrogens with two attached hydrogens (primary N) is 2. The summed E-state index contributed by atoms with van der Waals surface area (Å²) in [5.41, 5.74) is 15.9. The van der Waals surface area contributed by atoms with Crippen molar-refractivity contribution in [1.29, 1.82) is 0 Å². The van der Waals surface area contributed by atoms with Gasteiger partial charge in [0, 0.05) is 18.7 Å². The number of anilines is 2. The molecule has 0 saturated carbocycles. The molecule has 4 heterocycles. The smallest absolute Gasteiger partial charge is 0.488 e. The summed E-state index contributed by atoms with van der Waals surface area (Å²) < 4.78 is 10.9. The number of aromatic hydroxyl groups is 1. The molecule has 0 aliphatic rings. The first-order valence-electron chi connectivity index (χ1n) is 20.4. The lowest BCUT2D eigenvalue weighted by Crippen LogP contribution is -2.43. The summed E-state index contributed by atoms with van der Waals surface area (Å²) in [6.45, 7) is 23.4. The van der Waals surface area contributed by atoms with Crippen LogP contribution in [0.2, 0.25) is 18.1 Å². The molecule has 4 aromatic heterocycles. The first-order chi connectivity index (χ1) is 29.0. The maximum Gasteiger partial charge on any atom is 0.488 e. The van der Waals surface area contributed by atoms with Gasteiger partial charge < -0.3 is 31.0 Å². The zero-order chi connectivity index (χ0) is 45.3. The van der Waals surface area contributed by atoms with Crippen molar-refractivity contribution in [2.24, 2.45) is 11.3 Å². The highest BCUT2D eigenvalue weighted by Gasteiger charge is 2.39. The summed E-state index contributed by atoms with van der Waals surface area (Å²) in [6.07, 6.45) is 2.96. The molecule has 62 heavy (non-hydrogen) atoms. The van der Waals surface area contributed by atoms with Gasteiger partial charge in [-0.2, -0.15) is 10.2 Å². The van der Waals surface area contributed by atoms with Crippen LogP contribution in [0, 0.1) is 15.0 Å². The van der Waals surface area contributed by atoms with Crippen molar-refractivity contribution in [3.8, 4) is 22.8 Å². The summed E-state index contributed by atoms with van der Waals surface area (Å²) >= 11 is 2.16. The predicted octanol–water partition coefficient (Wildman–Crippen LogP) is 8.55. The molecule has 0 amide bonds. The average Bonchev–Trinajstić information content (AvgIpc) is 3.70. The van der Waals surface area contributed by atoms with Crippen LogP contribution in [0.1, 0.15) is 55.4 Å². The van der Waals surface area contributed by atoms with E-state index in [0.717, 1.165) is 77.4 Å². The Balaban J connectivity index is 0.000000159. The molecule has 0 atom stereocenters. The molecule has 4 aromatic carbocycles. The Hall–Kier alpha value is -5.37. The second-order valence-electron chi connectivity index (χ2n) is 18.6. The summed E-state index contributed by atoms with van der Waals surface area (Å²) in [4.78, 5) is 16.8. The zero-order valence-electron chi connectivity index (χ0n) is 37.0. The van der Waals surface area contributed by atoms with Crippen LogP contribution in [-0.4, -0.2) is 70.1 Å². The van der Waals surface area contributed by atoms with Crippen molar-refractivity contribution in [3.05, 3.63) is 89.2 Å². The van der Waals surface area contributed by atoms with E-state index in [1.807, 2.05) is 57.9 Å². The molecule has 0 radical (unpaired) electrons. The maximum atomic E-state index is 9.63. The van der Waals surface area contributed by atoms with Crippen molar-refractivity contribution in [3.63, 3.8) is 0 Å². The standard InChI is InChI=1S/C19H19N5O.C16H23BO3Si.C10H14IN5/c1-11(2)9-24-19-16(18(20)21-10-22-19)17(23-24)14-4-3-13-8-15(25)6-5-12(13)7-14;1-16(2,3)21(4,5)20-15-9-7-12-10-14(17(18)19)8-6-13(12)11-15;1-10(2,3)4-16-9-6(7(11)15-16)8(12)13-5-14-9/h3-8,10-11,25H,9H2,1-2H3,(H2,20,21,22);6-11,18-19H,1-5H3;5H,4H2,1-3H3,(H2,12,13,14). The van der Waals surface area contributed by atoms with Gasteiger partial charge in [-0.1, -0.05) is 97.9 Å². The quantitative estimate of drug-likeness (QED) is 0.0752. The number of aromatic nitrogens is 8. The third-order valence-corrected chi connectivity index (χ3v) is 15.8. The Labute approximate surface area is 377 Å². The normalized spacial score (nSPS) is 12.1. The Kier molecular flexibility index (Phi) is 13.5. The molecule has 8 rings (SSSR count). The molecule has 0 aliphatic carbocycles. The van der Waals surface area contributed by atoms with Gasteiger partial charge in [-0.25, -0.2) is 29.3 Å². The fourth-order valence-electron chi connectivity index (χ4n) is 6.55. The predicted molar refractivity (Wildman–Crippen MR) is 263 cm³/mol. The molecule has 0 bridgehead atoms. The highest BCUT2D eigenvalue weighted by molar-refractivity contribution is 14.1. The van der Waals surface area contributed by atoms with Gasteiger partial charge in [-0.3, -0.25) is 0 Å². The molecular formula is C45H56BIN10O4Si. The minimum atomic E-state index is -1.84. The highest BCUT2D eigenvalue weighted by Crippen LogP contribution is 2.38. The molecule has 0 saturated heterocycles. The molecule has 0 spiro atoms. The van der Waals surface area contributed by atoms with Crippen LogP contribution in [0.5, 0.6) is 11.5 Å². The minimum absolute atomic E-state index is 0.155. The van der Waals surface area contributed by atoms with Crippen LogP contribution in [0.4, 0.5) is 11.6 Å². The van der Waals surface area contributed by atoms with E-state index in [1.54, 1.807) is 24.3 Å². The van der Waals surface area contributed by atoms with E-state index in [9.17, 15) is 15.2 Å². The summed E-state index contributed by atoms with van der Waals surface area (Å²) in [5, 5.41) is 43.1. The van der Waals surface area contributed by atoms with Crippen molar-refractivity contribution >= 4 is 98.7 Å². The molecular weight excluding hydrogens is 910 g/mol. The van der Waals surface area contributed by atoms with Crippen molar-refractivity contribution in [1.82, 2.24) is 39.5 Å². The van der Waals surface area contributed by atoms with Crippen molar-refractivity contribution in [2.75, 3.05) is 11.5 Å². The van der Waals surface area contributed by atoms with Gasteiger partial charge in [0.15, 0.2) is 11.3 Å². The number of rotatable bonds is 7. The average molecular weight is 967 g/mol. The number of phenolic OH excluding ortho intramolecular Hbond substituents is 1. The monoisotopic (exact) mass is 966 g/mol. The van der Waals surface area contributed by atoms with Gasteiger partial charge in [-0.15, -0.1) is 0 Å². The Morgan fingerprint density at radius 1 is 0.726 bits per heavy atom. The number of nitrogen functional groups attached to an aromatic ring is 2. The van der Waals surface area contributed by atoms with E-state index in [-0.39, 0.29) is 16.2 Å². The number of halogens is 1. The number of nitrogens with zero attached hydrogens (tertiary/aromatic N) is 8. The number of benzene rings is 4. The van der Waals surface area contributed by atoms with Crippen LogP contribution in [0.25, 0.3) is 54.9 Å². The van der Waals surface area contributed by atoms with Gasteiger partial charge in [0.25, 0.3) is 0 Å².